The van der Waals surface area contributed by atoms with Crippen LogP contribution >= 0.6 is 0 Å². The Bertz CT molecular complexity index is 1100. The van der Waals surface area contributed by atoms with E-state index in [2.05, 4.69) is 11.4 Å². The highest BCUT2D eigenvalue weighted by molar-refractivity contribution is 5.95. The number of amides is 3. The van der Waals surface area contributed by atoms with Gasteiger partial charge in [0.05, 0.1) is 11.6 Å². The highest BCUT2D eigenvalue weighted by Crippen LogP contribution is 2.52. The Labute approximate surface area is 185 Å². The molecular formula is C24H26FN3O4. The Morgan fingerprint density at radius 1 is 1.12 bits per heavy atom. The Balaban J connectivity index is 1.47. The van der Waals surface area contributed by atoms with E-state index in [4.69, 9.17) is 15.2 Å². The van der Waals surface area contributed by atoms with Gasteiger partial charge in [-0.05, 0) is 61.2 Å². The summed E-state index contributed by atoms with van der Waals surface area (Å²) in [7, 11) is 0. The highest BCUT2D eigenvalue weighted by Gasteiger charge is 2.46. The minimum absolute atomic E-state index is 0.129. The number of halogens is 1. The van der Waals surface area contributed by atoms with Gasteiger partial charge in [0.25, 0.3) is 5.91 Å². The Morgan fingerprint density at radius 2 is 1.81 bits per heavy atom. The number of urea groups is 1. The first-order valence-electron chi connectivity index (χ1n) is 11.0. The summed E-state index contributed by atoms with van der Waals surface area (Å²) < 4.78 is 25.8. The van der Waals surface area contributed by atoms with Crippen LogP contribution in [0.5, 0.6) is 11.5 Å². The molecule has 7 nitrogen and oxygen atoms in total. The quantitative estimate of drug-likeness (QED) is 0.736. The average Bonchev–Trinajstić information content (AvgIpc) is 3.24. The second-order valence-electron chi connectivity index (χ2n) is 8.86. The van der Waals surface area contributed by atoms with Gasteiger partial charge in [-0.3, -0.25) is 4.79 Å². The van der Waals surface area contributed by atoms with E-state index in [1.54, 1.807) is 0 Å². The summed E-state index contributed by atoms with van der Waals surface area (Å²) in [5, 5.41) is 2.79. The van der Waals surface area contributed by atoms with Crippen molar-refractivity contribution in [3.8, 4) is 11.5 Å². The van der Waals surface area contributed by atoms with Crippen LogP contribution in [0.1, 0.15) is 60.1 Å². The monoisotopic (exact) mass is 439 g/mol. The van der Waals surface area contributed by atoms with Crippen LogP contribution in [0.3, 0.4) is 0 Å². The van der Waals surface area contributed by atoms with Crippen molar-refractivity contribution < 1.29 is 23.5 Å². The van der Waals surface area contributed by atoms with Crippen molar-refractivity contribution >= 4 is 17.6 Å². The third-order valence-corrected chi connectivity index (χ3v) is 6.98. The predicted octanol–water partition coefficient (Wildman–Crippen LogP) is 4.12. The number of carbonyl (C=O) groups is 2. The SMILES string of the molecule is CC1c2cc3c(cc2C2(CCCC2)CN1C(=O)Nc1ccc(C(N)=O)c(F)c1)OCCO3. The molecule has 1 aliphatic carbocycles. The molecule has 0 bridgehead atoms. The molecule has 2 heterocycles. The Hall–Kier alpha value is -3.29. The van der Waals surface area contributed by atoms with E-state index >= 15 is 0 Å². The molecule has 1 spiro atoms. The first kappa shape index (κ1) is 20.6. The molecular weight excluding hydrogens is 413 g/mol. The molecule has 32 heavy (non-hydrogen) atoms. The zero-order valence-electron chi connectivity index (χ0n) is 17.9. The third-order valence-electron chi connectivity index (χ3n) is 6.98. The number of ether oxygens (including phenoxy) is 2. The van der Waals surface area contributed by atoms with E-state index in [1.165, 1.54) is 17.7 Å². The molecule has 1 unspecified atom stereocenters. The summed E-state index contributed by atoms with van der Waals surface area (Å²) in [5.74, 6) is -0.125. The Morgan fingerprint density at radius 3 is 2.47 bits per heavy atom. The summed E-state index contributed by atoms with van der Waals surface area (Å²) in [6, 6.07) is 7.50. The fourth-order valence-corrected chi connectivity index (χ4v) is 5.34. The minimum Gasteiger partial charge on any atom is -0.486 e. The fraction of sp³-hybridized carbons (Fsp3) is 0.417. The lowest BCUT2D eigenvalue weighted by molar-refractivity contribution is 0.0996. The maximum atomic E-state index is 14.2. The van der Waals surface area contributed by atoms with Crippen molar-refractivity contribution in [3.63, 3.8) is 0 Å². The van der Waals surface area contributed by atoms with Crippen LogP contribution in [0.25, 0.3) is 0 Å². The number of anilines is 1. The van der Waals surface area contributed by atoms with E-state index in [9.17, 15) is 14.0 Å². The van der Waals surface area contributed by atoms with Gasteiger partial charge >= 0.3 is 6.03 Å². The summed E-state index contributed by atoms with van der Waals surface area (Å²) in [6.07, 6.45) is 4.21. The molecule has 2 aromatic carbocycles. The molecule has 1 fully saturated rings. The van der Waals surface area contributed by atoms with Gasteiger partial charge in [0.1, 0.15) is 19.0 Å². The number of rotatable bonds is 2. The van der Waals surface area contributed by atoms with Gasteiger partial charge in [-0.25, -0.2) is 9.18 Å². The smallest absolute Gasteiger partial charge is 0.322 e. The normalized spacial score (nSPS) is 20.7. The molecule has 2 aromatic rings. The van der Waals surface area contributed by atoms with Crippen molar-refractivity contribution in [1.29, 1.82) is 0 Å². The summed E-state index contributed by atoms with van der Waals surface area (Å²) in [4.78, 5) is 26.4. The molecule has 5 rings (SSSR count). The number of hydrogen-bond donors (Lipinski definition) is 2. The summed E-state index contributed by atoms with van der Waals surface area (Å²) >= 11 is 0. The van der Waals surface area contributed by atoms with Gasteiger partial charge in [-0.2, -0.15) is 0 Å². The van der Waals surface area contributed by atoms with E-state index in [-0.39, 0.29) is 28.7 Å². The van der Waals surface area contributed by atoms with Crippen molar-refractivity contribution in [2.75, 3.05) is 25.1 Å². The van der Waals surface area contributed by atoms with Crippen LogP contribution in [0.15, 0.2) is 30.3 Å². The number of nitrogens with one attached hydrogen (secondary N) is 1. The van der Waals surface area contributed by atoms with Crippen LogP contribution in [-0.4, -0.2) is 36.6 Å². The van der Waals surface area contributed by atoms with Gasteiger partial charge in [0, 0.05) is 17.6 Å². The molecule has 0 radical (unpaired) electrons. The number of hydrogen-bond acceptors (Lipinski definition) is 4. The molecule has 2 aliphatic heterocycles. The number of carbonyl (C=O) groups excluding carboxylic acids is 2. The van der Waals surface area contributed by atoms with Crippen LogP contribution < -0.4 is 20.5 Å². The van der Waals surface area contributed by atoms with Gasteiger partial charge in [-0.15, -0.1) is 0 Å². The predicted molar refractivity (Wildman–Crippen MR) is 117 cm³/mol. The van der Waals surface area contributed by atoms with E-state index < -0.39 is 11.7 Å². The molecule has 3 N–H and O–H groups in total. The van der Waals surface area contributed by atoms with Crippen molar-refractivity contribution in [1.82, 2.24) is 4.90 Å². The van der Waals surface area contributed by atoms with E-state index in [0.717, 1.165) is 43.1 Å². The molecule has 3 aliphatic rings. The number of fused-ring (bicyclic) bond motifs is 3. The van der Waals surface area contributed by atoms with Gasteiger partial charge in [0.2, 0.25) is 0 Å². The summed E-state index contributed by atoms with van der Waals surface area (Å²) in [6.45, 7) is 3.61. The lowest BCUT2D eigenvalue weighted by atomic mass is 9.71. The minimum atomic E-state index is -0.848. The summed E-state index contributed by atoms with van der Waals surface area (Å²) in [5.41, 5.74) is 7.41. The van der Waals surface area contributed by atoms with Crippen LogP contribution in [0.4, 0.5) is 14.9 Å². The molecule has 0 saturated heterocycles. The topological polar surface area (TPSA) is 93.9 Å². The molecule has 8 heteroatoms. The van der Waals surface area contributed by atoms with Crippen molar-refractivity contribution in [2.45, 2.75) is 44.1 Å². The first-order valence-corrected chi connectivity index (χ1v) is 11.0. The molecule has 1 saturated carbocycles. The zero-order chi connectivity index (χ0) is 22.5. The molecule has 168 valence electrons. The number of nitrogens with zero attached hydrogens (tertiary/aromatic N) is 1. The molecule has 0 aromatic heterocycles. The van der Waals surface area contributed by atoms with Crippen molar-refractivity contribution in [2.24, 2.45) is 5.73 Å². The standard InChI is InChI=1S/C24H26FN3O4/c1-14-17-11-20-21(32-9-8-31-20)12-18(17)24(6-2-3-7-24)13-28(14)23(30)27-15-4-5-16(22(26)29)19(25)10-15/h4-5,10-12,14H,2-3,6-9,13H2,1H3,(H2,26,29)(H,27,30). The lowest BCUT2D eigenvalue weighted by Crippen LogP contribution is -2.50. The second-order valence-corrected chi connectivity index (χ2v) is 8.86. The van der Waals surface area contributed by atoms with Gasteiger partial charge in [0.15, 0.2) is 11.5 Å². The molecule has 1 atom stereocenters. The fourth-order valence-electron chi connectivity index (χ4n) is 5.34. The van der Waals surface area contributed by atoms with Crippen LogP contribution in [-0.2, 0) is 5.41 Å². The third kappa shape index (κ3) is 3.34. The number of benzene rings is 2. The maximum absolute atomic E-state index is 14.2. The van der Waals surface area contributed by atoms with Crippen LogP contribution in [0.2, 0.25) is 0 Å². The maximum Gasteiger partial charge on any atom is 0.322 e. The zero-order valence-corrected chi connectivity index (χ0v) is 17.9. The van der Waals surface area contributed by atoms with Gasteiger partial charge in [-0.1, -0.05) is 12.8 Å². The highest BCUT2D eigenvalue weighted by atomic mass is 19.1. The second kappa shape index (κ2) is 7.69. The van der Waals surface area contributed by atoms with E-state index in [1.807, 2.05) is 17.9 Å². The van der Waals surface area contributed by atoms with E-state index in [0.29, 0.717) is 25.5 Å². The Kier molecular flexibility index (Phi) is 4.95. The first-order chi connectivity index (χ1) is 15.4. The van der Waals surface area contributed by atoms with Crippen LogP contribution in [0, 0.1) is 5.82 Å². The van der Waals surface area contributed by atoms with Gasteiger partial charge < -0.3 is 25.4 Å². The van der Waals surface area contributed by atoms with Crippen molar-refractivity contribution in [3.05, 3.63) is 52.8 Å². The average molecular weight is 439 g/mol. The molecule has 3 amide bonds. The number of nitrogens with two attached hydrogens (primary N) is 1. The number of primary amides is 1. The lowest BCUT2D eigenvalue weighted by Gasteiger charge is -2.46. The largest absolute Gasteiger partial charge is 0.486 e.